The largest absolute Gasteiger partial charge is 0.306 e. The summed E-state index contributed by atoms with van der Waals surface area (Å²) in [7, 11) is 2.22. The summed E-state index contributed by atoms with van der Waals surface area (Å²) < 4.78 is 0. The maximum absolute atomic E-state index is 4.54. The Labute approximate surface area is 86.7 Å². The first-order valence-corrected chi connectivity index (χ1v) is 5.88. The molecule has 0 aromatic rings. The average Bonchev–Trinajstić information content (AvgIpc) is 2.53. The summed E-state index contributed by atoms with van der Waals surface area (Å²) in [6, 6.07) is 0.855. The van der Waals surface area contributed by atoms with E-state index in [1.165, 1.54) is 45.4 Å². The highest BCUT2D eigenvalue weighted by Gasteiger charge is 2.28. The molecule has 13 heavy (non-hydrogen) atoms. The number of nitrogens with zero attached hydrogens (tertiary/aromatic N) is 2. The first kappa shape index (κ1) is 9.81. The highest BCUT2D eigenvalue weighted by Crippen LogP contribution is 2.22. The molecule has 0 N–H and O–H groups in total. The van der Waals surface area contributed by atoms with Gasteiger partial charge in [-0.2, -0.15) is 12.6 Å². The molecule has 0 aromatic carbocycles. The maximum Gasteiger partial charge on any atom is 0.0157 e. The lowest BCUT2D eigenvalue weighted by Gasteiger charge is -2.34. The zero-order chi connectivity index (χ0) is 9.26. The van der Waals surface area contributed by atoms with Crippen molar-refractivity contribution in [3.8, 4) is 0 Å². The third-order valence-electron chi connectivity index (χ3n) is 3.40. The van der Waals surface area contributed by atoms with Gasteiger partial charge in [0, 0.05) is 17.8 Å². The Morgan fingerprint density at radius 2 is 1.77 bits per heavy atom. The predicted molar refractivity (Wildman–Crippen MR) is 59.5 cm³/mol. The molecular weight excluding hydrogens is 180 g/mol. The van der Waals surface area contributed by atoms with Gasteiger partial charge in [0.1, 0.15) is 0 Å². The second-order valence-corrected chi connectivity index (χ2v) is 5.20. The number of piperidine rings is 1. The van der Waals surface area contributed by atoms with Gasteiger partial charge in [0.2, 0.25) is 0 Å². The lowest BCUT2D eigenvalue weighted by molar-refractivity contribution is 0.144. The number of likely N-dealkylation sites (tertiary alicyclic amines) is 2. The van der Waals surface area contributed by atoms with Gasteiger partial charge >= 0.3 is 0 Å². The highest BCUT2D eigenvalue weighted by molar-refractivity contribution is 7.81. The molecule has 3 heteroatoms. The Bertz CT molecular complexity index is 166. The third-order valence-corrected chi connectivity index (χ3v) is 3.82. The quantitative estimate of drug-likeness (QED) is 0.633. The number of hydrogen-bond acceptors (Lipinski definition) is 3. The van der Waals surface area contributed by atoms with Gasteiger partial charge in [-0.15, -0.1) is 0 Å². The van der Waals surface area contributed by atoms with E-state index >= 15 is 0 Å². The fourth-order valence-corrected chi connectivity index (χ4v) is 2.79. The molecule has 0 saturated carbocycles. The van der Waals surface area contributed by atoms with Crippen molar-refractivity contribution in [2.75, 3.05) is 33.2 Å². The van der Waals surface area contributed by atoms with Crippen LogP contribution < -0.4 is 0 Å². The van der Waals surface area contributed by atoms with Crippen molar-refractivity contribution in [3.63, 3.8) is 0 Å². The van der Waals surface area contributed by atoms with Gasteiger partial charge in [-0.05, 0) is 45.9 Å². The van der Waals surface area contributed by atoms with Gasteiger partial charge in [-0.1, -0.05) is 0 Å². The van der Waals surface area contributed by atoms with Crippen molar-refractivity contribution in [1.82, 2.24) is 9.80 Å². The third kappa shape index (κ3) is 2.39. The fraction of sp³-hybridized carbons (Fsp3) is 1.00. The maximum atomic E-state index is 4.54. The van der Waals surface area contributed by atoms with Gasteiger partial charge < -0.3 is 4.90 Å². The Morgan fingerprint density at radius 1 is 1.08 bits per heavy atom. The topological polar surface area (TPSA) is 6.48 Å². The Morgan fingerprint density at radius 3 is 2.31 bits per heavy atom. The van der Waals surface area contributed by atoms with E-state index in [0.717, 1.165) is 6.04 Å². The second kappa shape index (κ2) is 4.20. The summed E-state index contributed by atoms with van der Waals surface area (Å²) in [6.07, 6.45) is 4.00. The van der Waals surface area contributed by atoms with Crippen molar-refractivity contribution in [2.45, 2.75) is 30.6 Å². The molecule has 0 spiro atoms. The van der Waals surface area contributed by atoms with Crippen molar-refractivity contribution < 1.29 is 0 Å². The first-order valence-electron chi connectivity index (χ1n) is 5.36. The van der Waals surface area contributed by atoms with E-state index in [1.54, 1.807) is 0 Å². The van der Waals surface area contributed by atoms with Gasteiger partial charge in [0.05, 0.1) is 0 Å². The molecule has 2 fully saturated rings. The van der Waals surface area contributed by atoms with Crippen LogP contribution in [-0.4, -0.2) is 54.3 Å². The van der Waals surface area contributed by atoms with E-state index in [2.05, 4.69) is 29.5 Å². The van der Waals surface area contributed by atoms with E-state index in [-0.39, 0.29) is 0 Å². The molecule has 1 atom stereocenters. The van der Waals surface area contributed by atoms with Crippen molar-refractivity contribution >= 4 is 12.6 Å². The van der Waals surface area contributed by atoms with E-state index in [1.807, 2.05) is 0 Å². The van der Waals surface area contributed by atoms with E-state index in [9.17, 15) is 0 Å². The summed E-state index contributed by atoms with van der Waals surface area (Å²) in [5.74, 6) is 0. The van der Waals surface area contributed by atoms with Gasteiger partial charge in [-0.25, -0.2) is 0 Å². The van der Waals surface area contributed by atoms with Crippen molar-refractivity contribution in [2.24, 2.45) is 0 Å². The number of hydrogen-bond donors (Lipinski definition) is 1. The molecule has 0 aliphatic carbocycles. The number of rotatable bonds is 1. The van der Waals surface area contributed by atoms with E-state index in [0.29, 0.717) is 5.25 Å². The molecule has 76 valence electrons. The zero-order valence-electron chi connectivity index (χ0n) is 8.45. The van der Waals surface area contributed by atoms with Gasteiger partial charge in [0.15, 0.2) is 0 Å². The highest BCUT2D eigenvalue weighted by atomic mass is 32.1. The van der Waals surface area contributed by atoms with Gasteiger partial charge in [-0.3, -0.25) is 4.90 Å². The molecule has 2 nitrogen and oxygen atoms in total. The minimum Gasteiger partial charge on any atom is -0.306 e. The van der Waals surface area contributed by atoms with Crippen LogP contribution in [0.1, 0.15) is 19.3 Å². The molecular formula is C10H20N2S. The summed E-state index contributed by atoms with van der Waals surface area (Å²) >= 11 is 4.54. The van der Waals surface area contributed by atoms with Gasteiger partial charge in [0.25, 0.3) is 0 Å². The Balaban J connectivity index is 1.81. The number of thiol groups is 1. The molecule has 0 radical (unpaired) electrons. The second-order valence-electron chi connectivity index (χ2n) is 4.47. The Kier molecular flexibility index (Phi) is 3.17. The van der Waals surface area contributed by atoms with Crippen LogP contribution in [0.5, 0.6) is 0 Å². The fourth-order valence-electron chi connectivity index (χ4n) is 2.46. The van der Waals surface area contributed by atoms with Crippen molar-refractivity contribution in [3.05, 3.63) is 0 Å². The summed E-state index contributed by atoms with van der Waals surface area (Å²) in [5.41, 5.74) is 0. The molecule has 2 heterocycles. The van der Waals surface area contributed by atoms with Crippen LogP contribution in [0.4, 0.5) is 0 Å². The normalized spacial score (nSPS) is 34.2. The first-order chi connectivity index (χ1) is 6.25. The predicted octanol–water partition coefficient (Wildman–Crippen LogP) is 1.08. The van der Waals surface area contributed by atoms with Crippen LogP contribution >= 0.6 is 12.6 Å². The zero-order valence-corrected chi connectivity index (χ0v) is 9.34. The van der Waals surface area contributed by atoms with Crippen LogP contribution in [0.15, 0.2) is 0 Å². The van der Waals surface area contributed by atoms with Crippen LogP contribution in [0.2, 0.25) is 0 Å². The summed E-state index contributed by atoms with van der Waals surface area (Å²) in [4.78, 5) is 5.08. The Hall–Kier alpha value is 0.270. The summed E-state index contributed by atoms with van der Waals surface area (Å²) in [6.45, 7) is 5.05. The smallest absolute Gasteiger partial charge is 0.0157 e. The molecule has 2 aliphatic rings. The van der Waals surface area contributed by atoms with E-state index < -0.39 is 0 Å². The SMILES string of the molecule is CN1CCC(N2CC[C@@H](S)C2)CC1. The molecule has 0 aromatic heterocycles. The summed E-state index contributed by atoms with van der Waals surface area (Å²) in [5, 5.41) is 0.639. The van der Waals surface area contributed by atoms with E-state index in [4.69, 9.17) is 0 Å². The molecule has 2 rings (SSSR count). The van der Waals surface area contributed by atoms with Crippen LogP contribution in [0, 0.1) is 0 Å². The standard InChI is InChI=1S/C10H20N2S/c1-11-5-2-9(3-6-11)12-7-4-10(13)8-12/h9-10,13H,2-8H2,1H3/t10-/m1/s1. The minimum absolute atomic E-state index is 0.639. The molecule has 2 saturated heterocycles. The van der Waals surface area contributed by atoms with Crippen LogP contribution in [-0.2, 0) is 0 Å². The molecule has 2 aliphatic heterocycles. The molecule has 0 bridgehead atoms. The minimum atomic E-state index is 0.639. The average molecular weight is 200 g/mol. The molecule has 0 amide bonds. The van der Waals surface area contributed by atoms with Crippen LogP contribution in [0.25, 0.3) is 0 Å². The molecule has 0 unspecified atom stereocenters. The monoisotopic (exact) mass is 200 g/mol. The van der Waals surface area contributed by atoms with Crippen LogP contribution in [0.3, 0.4) is 0 Å². The van der Waals surface area contributed by atoms with Crippen molar-refractivity contribution in [1.29, 1.82) is 0 Å². The lowest BCUT2D eigenvalue weighted by Crippen LogP contribution is -2.42. The lowest BCUT2D eigenvalue weighted by atomic mass is 10.0.